The fourth-order valence-corrected chi connectivity index (χ4v) is 5.79. The molecule has 1 heterocycles. The quantitative estimate of drug-likeness (QED) is 0.271. The summed E-state index contributed by atoms with van der Waals surface area (Å²) in [5.74, 6) is -0.0620. The Labute approximate surface area is 243 Å². The van der Waals surface area contributed by atoms with E-state index in [0.29, 0.717) is 36.8 Å². The van der Waals surface area contributed by atoms with Gasteiger partial charge in [-0.2, -0.15) is 0 Å². The van der Waals surface area contributed by atoms with Crippen LogP contribution in [0.3, 0.4) is 0 Å². The smallest absolute Gasteiger partial charge is 0.254 e. The fourth-order valence-electron chi connectivity index (χ4n) is 5.51. The predicted molar refractivity (Wildman–Crippen MR) is 161 cm³/mol. The van der Waals surface area contributed by atoms with Crippen LogP contribution in [0.15, 0.2) is 66.7 Å². The minimum atomic E-state index is -1.37. The third-order valence-electron chi connectivity index (χ3n) is 7.73. The highest BCUT2D eigenvalue weighted by atomic mass is 35.5. The van der Waals surface area contributed by atoms with Crippen molar-refractivity contribution in [3.63, 3.8) is 0 Å². The summed E-state index contributed by atoms with van der Waals surface area (Å²) in [6, 6.07) is 21.6. The number of rotatable bonds is 12. The first-order chi connectivity index (χ1) is 19.4. The summed E-state index contributed by atoms with van der Waals surface area (Å²) in [6.45, 7) is 4.56. The number of ether oxygens (including phenoxy) is 2. The van der Waals surface area contributed by atoms with Gasteiger partial charge in [-0.3, -0.25) is 4.79 Å². The molecule has 0 aliphatic carbocycles. The van der Waals surface area contributed by atoms with Crippen LogP contribution in [0.4, 0.5) is 0 Å². The van der Waals surface area contributed by atoms with Gasteiger partial charge in [0.2, 0.25) is 0 Å². The molecule has 0 spiro atoms. The van der Waals surface area contributed by atoms with Crippen molar-refractivity contribution < 1.29 is 19.4 Å². The molecule has 2 unspecified atom stereocenters. The molecule has 0 aromatic heterocycles. The zero-order valence-corrected chi connectivity index (χ0v) is 24.5. The Morgan fingerprint density at radius 2 is 1.90 bits per heavy atom. The highest BCUT2D eigenvalue weighted by Gasteiger charge is 2.44. The molecule has 1 aliphatic rings. The highest BCUT2D eigenvalue weighted by Crippen LogP contribution is 2.43. The van der Waals surface area contributed by atoms with Gasteiger partial charge in [0.1, 0.15) is 11.7 Å². The monoisotopic (exact) mass is 564 g/mol. The van der Waals surface area contributed by atoms with Crippen molar-refractivity contribution in [1.29, 1.82) is 0 Å². The summed E-state index contributed by atoms with van der Waals surface area (Å²) >= 11 is 6.84. The Hall–Kier alpha value is -2.74. The van der Waals surface area contributed by atoms with Crippen molar-refractivity contribution in [2.75, 3.05) is 40.5 Å². The first-order valence-corrected chi connectivity index (χ1v) is 14.5. The summed E-state index contributed by atoms with van der Waals surface area (Å²) < 4.78 is 11.5. The number of carbonyl (C=O) groups is 1. The molecule has 4 rings (SSSR count). The van der Waals surface area contributed by atoms with Crippen LogP contribution >= 0.6 is 11.6 Å². The van der Waals surface area contributed by atoms with Crippen LogP contribution in [0.5, 0.6) is 0 Å². The Balaban J connectivity index is 1.69. The largest absolute Gasteiger partial charge is 0.385 e. The van der Waals surface area contributed by atoms with Gasteiger partial charge in [0.05, 0.1) is 13.2 Å². The molecule has 1 aliphatic heterocycles. The lowest BCUT2D eigenvalue weighted by molar-refractivity contribution is -0.146. The second-order valence-corrected chi connectivity index (χ2v) is 10.8. The predicted octanol–water partition coefficient (Wildman–Crippen LogP) is 5.83. The molecule has 6 nitrogen and oxygen atoms in total. The molecule has 7 heteroatoms. The van der Waals surface area contributed by atoms with Gasteiger partial charge < -0.3 is 24.8 Å². The number of carbonyl (C=O) groups excluding carboxylic acids is 1. The van der Waals surface area contributed by atoms with Crippen LogP contribution in [0, 0.1) is 0 Å². The number of nitrogens with zero attached hydrogens (tertiary/aromatic N) is 1. The molecular formula is C33H41ClN2O4. The minimum Gasteiger partial charge on any atom is -0.385 e. The van der Waals surface area contributed by atoms with E-state index in [-0.39, 0.29) is 12.5 Å². The van der Waals surface area contributed by atoms with Gasteiger partial charge in [0.25, 0.3) is 5.91 Å². The Bertz CT molecular complexity index is 1270. The van der Waals surface area contributed by atoms with E-state index in [4.69, 9.17) is 21.1 Å². The number of nitrogens with one attached hydrogen (secondary N) is 1. The lowest BCUT2D eigenvalue weighted by atomic mass is 9.78. The maximum Gasteiger partial charge on any atom is 0.254 e. The van der Waals surface area contributed by atoms with Gasteiger partial charge in [0.15, 0.2) is 0 Å². The molecule has 40 heavy (non-hydrogen) atoms. The SMILES string of the molecule is CCc1cccc(-c2c(Cl)cccc2C(O)(CCCCOC)C2CN(C(=O)c3ccc(CNC)cc3)CCO2)c1. The number of hydrogen-bond donors (Lipinski definition) is 2. The van der Waals surface area contributed by atoms with Crippen molar-refractivity contribution in [3.05, 3.63) is 94.0 Å². The number of amides is 1. The van der Waals surface area contributed by atoms with Crippen molar-refractivity contribution in [3.8, 4) is 11.1 Å². The van der Waals surface area contributed by atoms with E-state index in [1.54, 1.807) is 12.0 Å². The third kappa shape index (κ3) is 6.93. The van der Waals surface area contributed by atoms with E-state index >= 15 is 0 Å². The minimum absolute atomic E-state index is 0.0620. The zero-order chi connectivity index (χ0) is 28.5. The van der Waals surface area contributed by atoms with E-state index < -0.39 is 11.7 Å². The van der Waals surface area contributed by atoms with Crippen LogP contribution in [-0.4, -0.2) is 62.5 Å². The summed E-state index contributed by atoms with van der Waals surface area (Å²) in [5.41, 5.74) is 4.06. The molecule has 0 saturated carbocycles. The number of morpholine rings is 1. The number of unbranched alkanes of at least 4 members (excludes halogenated alkanes) is 1. The second kappa shape index (κ2) is 14.2. The number of methoxy groups -OCH3 is 1. The van der Waals surface area contributed by atoms with E-state index in [1.165, 1.54) is 5.56 Å². The number of hydrogen-bond acceptors (Lipinski definition) is 5. The molecule has 214 valence electrons. The van der Waals surface area contributed by atoms with Crippen LogP contribution in [-0.2, 0) is 28.0 Å². The highest BCUT2D eigenvalue weighted by molar-refractivity contribution is 6.33. The van der Waals surface area contributed by atoms with Crippen molar-refractivity contribution in [1.82, 2.24) is 10.2 Å². The number of aliphatic hydroxyl groups is 1. The lowest BCUT2D eigenvalue weighted by Crippen LogP contribution is -2.54. The molecule has 1 fully saturated rings. The number of benzene rings is 3. The molecular weight excluding hydrogens is 524 g/mol. The normalized spacial score (nSPS) is 17.0. The topological polar surface area (TPSA) is 71.0 Å². The van der Waals surface area contributed by atoms with Gasteiger partial charge in [-0.25, -0.2) is 0 Å². The molecule has 1 saturated heterocycles. The van der Waals surface area contributed by atoms with Gasteiger partial charge in [0, 0.05) is 43.0 Å². The van der Waals surface area contributed by atoms with Crippen LogP contribution in [0.25, 0.3) is 11.1 Å². The van der Waals surface area contributed by atoms with Gasteiger partial charge >= 0.3 is 0 Å². The fraction of sp³-hybridized carbons (Fsp3) is 0.424. The summed E-state index contributed by atoms with van der Waals surface area (Å²) in [5, 5.41) is 16.3. The van der Waals surface area contributed by atoms with Gasteiger partial charge in [-0.15, -0.1) is 0 Å². The molecule has 0 bridgehead atoms. The Morgan fingerprint density at radius 1 is 1.12 bits per heavy atom. The van der Waals surface area contributed by atoms with E-state index in [2.05, 4.69) is 24.4 Å². The van der Waals surface area contributed by atoms with E-state index in [9.17, 15) is 9.90 Å². The van der Waals surface area contributed by atoms with Crippen LogP contribution in [0.1, 0.15) is 53.2 Å². The summed E-state index contributed by atoms with van der Waals surface area (Å²) in [7, 11) is 3.58. The standard InChI is InChI=1S/C33H41ClN2O4/c1-4-24-9-7-10-27(21-24)31-28(11-8-12-29(31)34)33(38,17-5-6-19-39-3)30-23-36(18-20-40-30)32(37)26-15-13-25(14-16-26)22-35-2/h7-16,21,30,35,38H,4-6,17-20,22-23H2,1-3H3. The number of halogens is 1. The summed E-state index contributed by atoms with van der Waals surface area (Å²) in [4.78, 5) is 15.3. The third-order valence-corrected chi connectivity index (χ3v) is 8.04. The van der Waals surface area contributed by atoms with E-state index in [0.717, 1.165) is 48.1 Å². The molecule has 0 radical (unpaired) electrons. The molecule has 2 atom stereocenters. The van der Waals surface area contributed by atoms with Crippen molar-refractivity contribution in [2.24, 2.45) is 0 Å². The average Bonchev–Trinajstić information content (AvgIpc) is 2.99. The molecule has 3 aromatic rings. The maximum absolute atomic E-state index is 13.5. The molecule has 2 N–H and O–H groups in total. The Morgan fingerprint density at radius 3 is 2.62 bits per heavy atom. The lowest BCUT2D eigenvalue weighted by Gasteiger charge is -2.43. The van der Waals surface area contributed by atoms with Crippen molar-refractivity contribution in [2.45, 2.75) is 50.9 Å². The number of aryl methyl sites for hydroxylation is 1. The molecule has 1 amide bonds. The maximum atomic E-state index is 13.5. The Kier molecular flexibility index (Phi) is 10.8. The van der Waals surface area contributed by atoms with E-state index in [1.807, 2.05) is 61.6 Å². The summed E-state index contributed by atoms with van der Waals surface area (Å²) in [6.07, 6.45) is 2.25. The zero-order valence-electron chi connectivity index (χ0n) is 23.8. The first kappa shape index (κ1) is 30.2. The van der Waals surface area contributed by atoms with Gasteiger partial charge in [-0.1, -0.05) is 67.1 Å². The van der Waals surface area contributed by atoms with Gasteiger partial charge in [-0.05, 0) is 73.2 Å². The second-order valence-electron chi connectivity index (χ2n) is 10.4. The van der Waals surface area contributed by atoms with Crippen molar-refractivity contribution >= 4 is 17.5 Å². The van der Waals surface area contributed by atoms with Crippen LogP contribution < -0.4 is 5.32 Å². The average molecular weight is 565 g/mol. The first-order valence-electron chi connectivity index (χ1n) is 14.1. The van der Waals surface area contributed by atoms with Crippen LogP contribution in [0.2, 0.25) is 5.02 Å². The molecule has 3 aromatic carbocycles.